The van der Waals surface area contributed by atoms with Crippen LogP contribution in [0.5, 0.6) is 0 Å². The van der Waals surface area contributed by atoms with Gasteiger partial charge in [-0.15, -0.1) is 11.3 Å². The average molecular weight is 305 g/mol. The van der Waals surface area contributed by atoms with E-state index in [4.69, 9.17) is 5.26 Å². The molecule has 1 aromatic rings. The summed E-state index contributed by atoms with van der Waals surface area (Å²) >= 11 is 1.61. The first-order valence-corrected chi connectivity index (χ1v) is 8.01. The van der Waals surface area contributed by atoms with Gasteiger partial charge in [0.2, 0.25) is 11.8 Å². The summed E-state index contributed by atoms with van der Waals surface area (Å²) in [7, 11) is 0. The SMILES string of the molecule is N#CCC(=O)NCC1CCN(C(=O)Cc2cccs2)CC1. The first-order valence-electron chi connectivity index (χ1n) is 7.13. The molecule has 112 valence electrons. The van der Waals surface area contributed by atoms with Gasteiger partial charge >= 0.3 is 0 Å². The second-order valence-corrected chi connectivity index (χ2v) is 6.25. The van der Waals surface area contributed by atoms with Crippen LogP contribution >= 0.6 is 11.3 Å². The van der Waals surface area contributed by atoms with Crippen molar-refractivity contribution >= 4 is 23.2 Å². The predicted octanol–water partition coefficient (Wildman–Crippen LogP) is 1.56. The highest BCUT2D eigenvalue weighted by Gasteiger charge is 2.23. The van der Waals surface area contributed by atoms with Crippen molar-refractivity contribution in [2.45, 2.75) is 25.7 Å². The fraction of sp³-hybridized carbons (Fsp3) is 0.533. The summed E-state index contributed by atoms with van der Waals surface area (Å²) < 4.78 is 0. The Morgan fingerprint density at radius 1 is 1.43 bits per heavy atom. The number of nitrogens with zero attached hydrogens (tertiary/aromatic N) is 2. The van der Waals surface area contributed by atoms with Crippen LogP contribution in [0.4, 0.5) is 0 Å². The second kappa shape index (κ2) is 7.79. The minimum atomic E-state index is -0.214. The molecular weight excluding hydrogens is 286 g/mol. The van der Waals surface area contributed by atoms with Crippen molar-refractivity contribution in [3.63, 3.8) is 0 Å². The largest absolute Gasteiger partial charge is 0.355 e. The van der Waals surface area contributed by atoms with Gasteiger partial charge in [-0.1, -0.05) is 6.07 Å². The molecule has 0 bridgehead atoms. The minimum absolute atomic E-state index is 0.0852. The minimum Gasteiger partial charge on any atom is -0.355 e. The van der Waals surface area contributed by atoms with Crippen molar-refractivity contribution in [3.8, 4) is 6.07 Å². The van der Waals surface area contributed by atoms with Crippen LogP contribution in [-0.4, -0.2) is 36.3 Å². The number of rotatable bonds is 5. The van der Waals surface area contributed by atoms with E-state index in [1.165, 1.54) is 0 Å². The lowest BCUT2D eigenvalue weighted by molar-refractivity contribution is -0.132. The number of thiophene rings is 1. The molecule has 0 saturated carbocycles. The number of carbonyl (C=O) groups excluding carboxylic acids is 2. The highest BCUT2D eigenvalue weighted by Crippen LogP contribution is 2.18. The smallest absolute Gasteiger partial charge is 0.234 e. The molecule has 0 atom stereocenters. The van der Waals surface area contributed by atoms with E-state index >= 15 is 0 Å². The van der Waals surface area contributed by atoms with Gasteiger partial charge in [0.25, 0.3) is 0 Å². The Labute approximate surface area is 128 Å². The van der Waals surface area contributed by atoms with E-state index in [-0.39, 0.29) is 18.2 Å². The maximum Gasteiger partial charge on any atom is 0.234 e. The number of amides is 2. The van der Waals surface area contributed by atoms with Crippen molar-refractivity contribution in [1.29, 1.82) is 5.26 Å². The van der Waals surface area contributed by atoms with Crippen LogP contribution in [0.25, 0.3) is 0 Å². The first kappa shape index (κ1) is 15.5. The number of likely N-dealkylation sites (tertiary alicyclic amines) is 1. The predicted molar refractivity (Wildman–Crippen MR) is 80.6 cm³/mol. The highest BCUT2D eigenvalue weighted by atomic mass is 32.1. The van der Waals surface area contributed by atoms with Crippen LogP contribution < -0.4 is 5.32 Å². The van der Waals surface area contributed by atoms with Crippen LogP contribution in [0.3, 0.4) is 0 Å². The Morgan fingerprint density at radius 3 is 2.81 bits per heavy atom. The fourth-order valence-electron chi connectivity index (χ4n) is 2.45. The van der Waals surface area contributed by atoms with Gasteiger partial charge in [-0.2, -0.15) is 5.26 Å². The van der Waals surface area contributed by atoms with Gasteiger partial charge in [0.05, 0.1) is 12.5 Å². The molecule has 2 amide bonds. The fourth-order valence-corrected chi connectivity index (χ4v) is 3.15. The van der Waals surface area contributed by atoms with E-state index in [1.807, 2.05) is 28.5 Å². The summed E-state index contributed by atoms with van der Waals surface area (Å²) in [5.74, 6) is 0.372. The zero-order valence-corrected chi connectivity index (χ0v) is 12.7. The first-order chi connectivity index (χ1) is 10.2. The zero-order valence-electron chi connectivity index (χ0n) is 11.9. The molecule has 0 aliphatic carbocycles. The molecule has 1 aromatic heterocycles. The summed E-state index contributed by atoms with van der Waals surface area (Å²) in [6.07, 6.45) is 2.21. The van der Waals surface area contributed by atoms with E-state index in [0.717, 1.165) is 30.8 Å². The number of piperidine rings is 1. The standard InChI is InChI=1S/C15H19N3O2S/c16-6-3-14(19)17-11-12-4-7-18(8-5-12)15(20)10-13-2-1-9-21-13/h1-2,9,12H,3-5,7-8,10-11H2,(H,17,19). The Bertz CT molecular complexity index is 514. The van der Waals surface area contributed by atoms with E-state index in [2.05, 4.69) is 5.32 Å². The average Bonchev–Trinajstić information content (AvgIpc) is 2.99. The van der Waals surface area contributed by atoms with Crippen LogP contribution in [0.1, 0.15) is 24.1 Å². The third kappa shape index (κ3) is 4.87. The van der Waals surface area contributed by atoms with Crippen molar-refractivity contribution < 1.29 is 9.59 Å². The molecule has 1 aliphatic rings. The van der Waals surface area contributed by atoms with E-state index < -0.39 is 0 Å². The van der Waals surface area contributed by atoms with Crippen molar-refractivity contribution in [3.05, 3.63) is 22.4 Å². The molecule has 1 saturated heterocycles. The van der Waals surface area contributed by atoms with E-state index in [9.17, 15) is 9.59 Å². The van der Waals surface area contributed by atoms with Crippen LogP contribution in [0.15, 0.2) is 17.5 Å². The molecule has 0 unspecified atom stereocenters. The molecule has 1 aliphatic heterocycles. The monoisotopic (exact) mass is 305 g/mol. The molecule has 1 fully saturated rings. The van der Waals surface area contributed by atoms with Gasteiger partial charge in [-0.05, 0) is 30.2 Å². The van der Waals surface area contributed by atoms with Crippen molar-refractivity contribution in [2.75, 3.05) is 19.6 Å². The molecule has 5 nitrogen and oxygen atoms in total. The van der Waals surface area contributed by atoms with Crippen molar-refractivity contribution in [1.82, 2.24) is 10.2 Å². The van der Waals surface area contributed by atoms with Crippen LogP contribution in [0, 0.1) is 17.2 Å². The van der Waals surface area contributed by atoms with Gasteiger partial charge in [0, 0.05) is 24.5 Å². The number of hydrogen-bond donors (Lipinski definition) is 1. The number of carbonyl (C=O) groups is 2. The van der Waals surface area contributed by atoms with Crippen molar-refractivity contribution in [2.24, 2.45) is 5.92 Å². The summed E-state index contributed by atoms with van der Waals surface area (Å²) in [5.41, 5.74) is 0. The van der Waals surface area contributed by atoms with Gasteiger partial charge < -0.3 is 10.2 Å². The highest BCUT2D eigenvalue weighted by molar-refractivity contribution is 7.10. The maximum absolute atomic E-state index is 12.2. The Balaban J connectivity index is 1.69. The molecule has 0 radical (unpaired) electrons. The van der Waals surface area contributed by atoms with E-state index in [1.54, 1.807) is 11.3 Å². The molecule has 2 rings (SSSR count). The van der Waals surface area contributed by atoms with Gasteiger partial charge in [0.15, 0.2) is 0 Å². The van der Waals surface area contributed by atoms with E-state index in [0.29, 0.717) is 18.9 Å². The molecule has 2 heterocycles. The quantitative estimate of drug-likeness (QED) is 0.897. The molecule has 0 spiro atoms. The summed E-state index contributed by atoms with van der Waals surface area (Å²) in [6, 6.07) is 5.78. The third-order valence-corrected chi connectivity index (χ3v) is 4.58. The molecule has 1 N–H and O–H groups in total. The lowest BCUT2D eigenvalue weighted by Gasteiger charge is -2.32. The molecule has 21 heavy (non-hydrogen) atoms. The Morgan fingerprint density at radius 2 is 2.19 bits per heavy atom. The summed E-state index contributed by atoms with van der Waals surface area (Å²) in [5, 5.41) is 13.2. The van der Waals surface area contributed by atoms with Gasteiger partial charge in [-0.25, -0.2) is 0 Å². The number of nitrogens with one attached hydrogen (secondary N) is 1. The summed E-state index contributed by atoms with van der Waals surface area (Å²) in [4.78, 5) is 26.4. The van der Waals surface area contributed by atoms with Crippen LogP contribution in [0.2, 0.25) is 0 Å². The summed E-state index contributed by atoms with van der Waals surface area (Å²) in [6.45, 7) is 2.11. The van der Waals surface area contributed by atoms with Gasteiger partial charge in [-0.3, -0.25) is 9.59 Å². The third-order valence-electron chi connectivity index (χ3n) is 3.70. The molecular formula is C15H19N3O2S. The second-order valence-electron chi connectivity index (χ2n) is 5.22. The molecule has 6 heteroatoms. The van der Waals surface area contributed by atoms with Gasteiger partial charge in [0.1, 0.15) is 6.42 Å². The Kier molecular flexibility index (Phi) is 5.76. The maximum atomic E-state index is 12.2. The zero-order chi connectivity index (χ0) is 15.1. The number of hydrogen-bond acceptors (Lipinski definition) is 4. The number of nitriles is 1. The topological polar surface area (TPSA) is 73.2 Å². The van der Waals surface area contributed by atoms with Crippen LogP contribution in [-0.2, 0) is 16.0 Å². The molecule has 0 aromatic carbocycles. The lowest BCUT2D eigenvalue weighted by Crippen LogP contribution is -2.42. The normalized spacial score (nSPS) is 15.5. The Hall–Kier alpha value is -1.87. The lowest BCUT2D eigenvalue weighted by atomic mass is 9.96.